The lowest BCUT2D eigenvalue weighted by Crippen LogP contribution is -1.97. The first-order chi connectivity index (χ1) is 8.95. The molecule has 0 atom stereocenters. The third-order valence-corrected chi connectivity index (χ3v) is 3.82. The van der Waals surface area contributed by atoms with Gasteiger partial charge >= 0.3 is 0 Å². The van der Waals surface area contributed by atoms with Crippen molar-refractivity contribution in [2.24, 2.45) is 0 Å². The molecule has 1 heterocycles. The number of rotatable bonds is 0. The van der Waals surface area contributed by atoms with Crippen LogP contribution in [-0.4, -0.2) is 4.98 Å². The number of allylic oxidation sites excluding steroid dienone is 1. The van der Waals surface area contributed by atoms with Gasteiger partial charge in [-0.15, -0.1) is 0 Å². The molecule has 1 aliphatic carbocycles. The molecule has 2 aromatic carbocycles. The summed E-state index contributed by atoms with van der Waals surface area (Å²) < 4.78 is 0. The second-order valence-electron chi connectivity index (χ2n) is 4.80. The Labute approximate surface area is 106 Å². The smallest absolute Gasteiger partial charge is 0.0352 e. The molecular formula is C17H13N. The lowest BCUT2D eigenvalue weighted by Gasteiger charge is -2.17. The summed E-state index contributed by atoms with van der Waals surface area (Å²) >= 11 is 0. The highest BCUT2D eigenvalue weighted by molar-refractivity contribution is 6.12. The fraction of sp³-hybridized carbons (Fsp3) is 0.118. The molecule has 0 spiro atoms. The first-order valence-electron chi connectivity index (χ1n) is 6.39. The quantitative estimate of drug-likeness (QED) is 0.524. The predicted octanol–water partition coefficient (Wildman–Crippen LogP) is 4.35. The molecule has 0 saturated carbocycles. The summed E-state index contributed by atoms with van der Waals surface area (Å²) in [7, 11) is 0. The van der Waals surface area contributed by atoms with Crippen molar-refractivity contribution in [2.75, 3.05) is 0 Å². The molecule has 3 aromatic rings. The zero-order chi connectivity index (χ0) is 11.9. The van der Waals surface area contributed by atoms with E-state index in [4.69, 9.17) is 0 Å². The van der Waals surface area contributed by atoms with Gasteiger partial charge in [-0.2, -0.15) is 0 Å². The second kappa shape index (κ2) is 3.67. The van der Waals surface area contributed by atoms with Crippen molar-refractivity contribution in [2.45, 2.75) is 12.8 Å². The van der Waals surface area contributed by atoms with Crippen LogP contribution in [0.25, 0.3) is 27.6 Å². The fourth-order valence-electron chi connectivity index (χ4n) is 3.02. The van der Waals surface area contributed by atoms with Crippen LogP contribution >= 0.6 is 0 Å². The topological polar surface area (TPSA) is 12.9 Å². The number of aryl methyl sites for hydroxylation is 1. The Bertz CT molecular complexity index is 784. The molecule has 0 fully saturated rings. The van der Waals surface area contributed by atoms with Crippen LogP contribution in [0.4, 0.5) is 0 Å². The van der Waals surface area contributed by atoms with Crippen molar-refractivity contribution in [3.8, 4) is 0 Å². The average molecular weight is 231 g/mol. The monoisotopic (exact) mass is 231 g/mol. The Kier molecular flexibility index (Phi) is 2.01. The van der Waals surface area contributed by atoms with E-state index < -0.39 is 0 Å². The number of fused-ring (bicyclic) bond motifs is 6. The molecule has 1 aliphatic rings. The van der Waals surface area contributed by atoms with Gasteiger partial charge in [0.2, 0.25) is 0 Å². The lowest BCUT2D eigenvalue weighted by atomic mass is 9.87. The molecule has 0 amide bonds. The first kappa shape index (κ1) is 9.84. The molecule has 18 heavy (non-hydrogen) atoms. The standard InChI is InChI=1S/C17H13N/c1-2-7-14-12(5-1)13-6-3-4-8-15(13)17-11-18-10-9-16(14)17/h1-2,4-5,7-11H,3,6H2. The van der Waals surface area contributed by atoms with Gasteiger partial charge in [-0.3, -0.25) is 4.98 Å². The Morgan fingerprint density at radius 2 is 1.72 bits per heavy atom. The highest BCUT2D eigenvalue weighted by Crippen LogP contribution is 2.35. The molecule has 0 N–H and O–H groups in total. The molecule has 1 heteroatoms. The van der Waals surface area contributed by atoms with E-state index in [2.05, 4.69) is 47.5 Å². The van der Waals surface area contributed by atoms with Gasteiger partial charge < -0.3 is 0 Å². The van der Waals surface area contributed by atoms with Crippen molar-refractivity contribution in [1.29, 1.82) is 0 Å². The van der Waals surface area contributed by atoms with E-state index in [9.17, 15) is 0 Å². The predicted molar refractivity (Wildman–Crippen MR) is 76.6 cm³/mol. The van der Waals surface area contributed by atoms with Crippen molar-refractivity contribution < 1.29 is 0 Å². The molecule has 0 bridgehead atoms. The third-order valence-electron chi connectivity index (χ3n) is 3.82. The van der Waals surface area contributed by atoms with E-state index in [0.29, 0.717) is 0 Å². The fourth-order valence-corrected chi connectivity index (χ4v) is 3.02. The number of pyridine rings is 1. The molecule has 86 valence electrons. The second-order valence-corrected chi connectivity index (χ2v) is 4.80. The Morgan fingerprint density at radius 1 is 0.889 bits per heavy atom. The normalized spacial score (nSPS) is 14.0. The van der Waals surface area contributed by atoms with Gasteiger partial charge in [-0.05, 0) is 46.2 Å². The summed E-state index contributed by atoms with van der Waals surface area (Å²) in [4.78, 5) is 4.29. The van der Waals surface area contributed by atoms with Crippen LogP contribution in [0.15, 0.2) is 48.8 Å². The Morgan fingerprint density at radius 3 is 2.67 bits per heavy atom. The van der Waals surface area contributed by atoms with Crippen LogP contribution in [0.1, 0.15) is 17.5 Å². The summed E-state index contributed by atoms with van der Waals surface area (Å²) in [6.07, 6.45) is 10.7. The maximum absolute atomic E-state index is 4.29. The molecule has 0 aliphatic heterocycles. The summed E-state index contributed by atoms with van der Waals surface area (Å²) in [6, 6.07) is 10.8. The van der Waals surface area contributed by atoms with Gasteiger partial charge in [0.15, 0.2) is 0 Å². The van der Waals surface area contributed by atoms with Gasteiger partial charge in [-0.25, -0.2) is 0 Å². The summed E-state index contributed by atoms with van der Waals surface area (Å²) in [5.41, 5.74) is 2.84. The van der Waals surface area contributed by atoms with E-state index in [1.807, 2.05) is 12.4 Å². The zero-order valence-electron chi connectivity index (χ0n) is 10.1. The lowest BCUT2D eigenvalue weighted by molar-refractivity contribution is 1.00. The Hall–Kier alpha value is -2.15. The van der Waals surface area contributed by atoms with Gasteiger partial charge in [0.1, 0.15) is 0 Å². The van der Waals surface area contributed by atoms with Gasteiger partial charge in [0.25, 0.3) is 0 Å². The number of benzene rings is 2. The van der Waals surface area contributed by atoms with Crippen LogP contribution in [0.2, 0.25) is 0 Å². The maximum Gasteiger partial charge on any atom is 0.0352 e. The minimum atomic E-state index is 1.14. The summed E-state index contributed by atoms with van der Waals surface area (Å²) in [5, 5.41) is 5.34. The van der Waals surface area contributed by atoms with E-state index in [1.54, 1.807) is 0 Å². The van der Waals surface area contributed by atoms with Crippen LogP contribution in [0, 0.1) is 0 Å². The minimum Gasteiger partial charge on any atom is -0.264 e. The van der Waals surface area contributed by atoms with Gasteiger partial charge in [-0.1, -0.05) is 36.4 Å². The van der Waals surface area contributed by atoms with Crippen LogP contribution in [-0.2, 0) is 6.42 Å². The highest BCUT2D eigenvalue weighted by Gasteiger charge is 2.13. The van der Waals surface area contributed by atoms with Gasteiger partial charge in [0, 0.05) is 17.8 Å². The number of hydrogen-bond acceptors (Lipinski definition) is 1. The van der Waals surface area contributed by atoms with Crippen LogP contribution < -0.4 is 0 Å². The van der Waals surface area contributed by atoms with Crippen LogP contribution in [0.5, 0.6) is 0 Å². The van der Waals surface area contributed by atoms with E-state index >= 15 is 0 Å². The van der Waals surface area contributed by atoms with E-state index in [-0.39, 0.29) is 0 Å². The van der Waals surface area contributed by atoms with Crippen molar-refractivity contribution in [3.63, 3.8) is 0 Å². The van der Waals surface area contributed by atoms with E-state index in [1.165, 1.54) is 32.7 Å². The molecule has 4 rings (SSSR count). The van der Waals surface area contributed by atoms with Crippen LogP contribution in [0.3, 0.4) is 0 Å². The molecule has 0 saturated heterocycles. The maximum atomic E-state index is 4.29. The van der Waals surface area contributed by atoms with Crippen molar-refractivity contribution in [1.82, 2.24) is 4.98 Å². The molecule has 1 aromatic heterocycles. The number of aromatic nitrogens is 1. The number of nitrogens with zero attached hydrogens (tertiary/aromatic N) is 1. The summed E-state index contributed by atoms with van der Waals surface area (Å²) in [5.74, 6) is 0. The molecule has 0 radical (unpaired) electrons. The minimum absolute atomic E-state index is 1.14. The SMILES string of the molecule is C1=Cc2c(c3ccccc3c3ccncc23)CC1. The zero-order valence-corrected chi connectivity index (χ0v) is 10.1. The van der Waals surface area contributed by atoms with Crippen molar-refractivity contribution >= 4 is 27.6 Å². The summed E-state index contributed by atoms with van der Waals surface area (Å²) in [6.45, 7) is 0. The molecule has 1 nitrogen and oxygen atoms in total. The highest BCUT2D eigenvalue weighted by atomic mass is 14.6. The first-order valence-corrected chi connectivity index (χ1v) is 6.39. The average Bonchev–Trinajstić information content (AvgIpc) is 2.48. The molecule has 0 unspecified atom stereocenters. The number of hydrogen-bond donors (Lipinski definition) is 0. The Balaban J connectivity index is 2.33. The van der Waals surface area contributed by atoms with E-state index in [0.717, 1.165) is 12.8 Å². The van der Waals surface area contributed by atoms with Gasteiger partial charge in [0.05, 0.1) is 0 Å². The largest absolute Gasteiger partial charge is 0.264 e. The molecular weight excluding hydrogens is 218 g/mol. The third kappa shape index (κ3) is 1.25. The van der Waals surface area contributed by atoms with Crippen molar-refractivity contribution in [3.05, 3.63) is 59.9 Å².